The second kappa shape index (κ2) is 6.06. The highest BCUT2D eigenvalue weighted by molar-refractivity contribution is 5.49. The Labute approximate surface area is 120 Å². The van der Waals surface area contributed by atoms with E-state index in [-0.39, 0.29) is 5.54 Å². The van der Waals surface area contributed by atoms with E-state index in [1.807, 2.05) is 0 Å². The van der Waals surface area contributed by atoms with Crippen LogP contribution in [0.5, 0.6) is 0 Å². The molecule has 1 aliphatic heterocycles. The summed E-state index contributed by atoms with van der Waals surface area (Å²) < 4.78 is 5.47. The molecule has 0 atom stereocenters. The maximum Gasteiger partial charge on any atom is 0.133 e. The molecule has 3 rings (SSSR count). The zero-order valence-corrected chi connectivity index (χ0v) is 12.0. The second-order valence-electron chi connectivity index (χ2n) is 5.93. The van der Waals surface area contributed by atoms with Crippen LogP contribution < -0.4 is 11.1 Å². The number of anilines is 1. The van der Waals surface area contributed by atoms with E-state index in [1.54, 1.807) is 6.33 Å². The minimum Gasteiger partial charge on any atom is -0.381 e. The van der Waals surface area contributed by atoms with Crippen LogP contribution in [0, 0.1) is 0 Å². The van der Waals surface area contributed by atoms with Crippen molar-refractivity contribution in [1.82, 2.24) is 9.97 Å². The quantitative estimate of drug-likeness (QED) is 0.822. The van der Waals surface area contributed by atoms with Crippen LogP contribution in [0.4, 0.5) is 5.82 Å². The number of rotatable bonds is 3. The lowest BCUT2D eigenvalue weighted by Crippen LogP contribution is -2.50. The maximum atomic E-state index is 6.03. The van der Waals surface area contributed by atoms with E-state index < -0.39 is 0 Å². The molecular weight excluding hydrogens is 252 g/mol. The molecule has 0 amide bonds. The van der Waals surface area contributed by atoms with Gasteiger partial charge in [0.1, 0.15) is 12.1 Å². The smallest absolute Gasteiger partial charge is 0.133 e. The normalized spacial score (nSPS) is 21.9. The molecule has 3 N–H and O–H groups in total. The molecule has 110 valence electrons. The van der Waals surface area contributed by atoms with Gasteiger partial charge >= 0.3 is 0 Å². The lowest BCUT2D eigenvalue weighted by atomic mass is 9.89. The first-order valence-electron chi connectivity index (χ1n) is 7.72. The van der Waals surface area contributed by atoms with Crippen molar-refractivity contribution >= 4 is 5.82 Å². The van der Waals surface area contributed by atoms with E-state index in [1.165, 1.54) is 30.5 Å². The summed E-state index contributed by atoms with van der Waals surface area (Å²) in [6.45, 7) is 2.17. The Kier molecular flexibility index (Phi) is 4.17. The summed E-state index contributed by atoms with van der Waals surface area (Å²) in [7, 11) is 0. The fourth-order valence-electron chi connectivity index (χ4n) is 3.20. The maximum absolute atomic E-state index is 6.03. The number of nitrogens with zero attached hydrogens (tertiary/aromatic N) is 2. The van der Waals surface area contributed by atoms with E-state index >= 15 is 0 Å². The van der Waals surface area contributed by atoms with Gasteiger partial charge in [0.15, 0.2) is 0 Å². The molecule has 2 heterocycles. The molecule has 0 spiro atoms. The van der Waals surface area contributed by atoms with E-state index in [4.69, 9.17) is 10.5 Å². The molecule has 5 heteroatoms. The average molecular weight is 276 g/mol. The first kappa shape index (κ1) is 13.8. The fraction of sp³-hybridized carbons (Fsp3) is 0.733. The van der Waals surface area contributed by atoms with Gasteiger partial charge in [-0.05, 0) is 38.5 Å². The Hall–Kier alpha value is -1.20. The van der Waals surface area contributed by atoms with Gasteiger partial charge in [-0.2, -0.15) is 0 Å². The van der Waals surface area contributed by atoms with Gasteiger partial charge in [-0.1, -0.05) is 6.42 Å². The van der Waals surface area contributed by atoms with Gasteiger partial charge in [0, 0.05) is 31.0 Å². The second-order valence-corrected chi connectivity index (χ2v) is 5.93. The Morgan fingerprint density at radius 3 is 2.75 bits per heavy atom. The molecule has 1 aliphatic carbocycles. The molecule has 0 radical (unpaired) electrons. The number of hydrogen-bond donors (Lipinski definition) is 2. The largest absolute Gasteiger partial charge is 0.381 e. The van der Waals surface area contributed by atoms with Crippen molar-refractivity contribution in [3.8, 4) is 0 Å². The van der Waals surface area contributed by atoms with Gasteiger partial charge in [0.05, 0.1) is 5.54 Å². The lowest BCUT2D eigenvalue weighted by molar-refractivity contribution is 0.0626. The van der Waals surface area contributed by atoms with Crippen molar-refractivity contribution in [1.29, 1.82) is 0 Å². The summed E-state index contributed by atoms with van der Waals surface area (Å²) in [5.74, 6) is 1.00. The van der Waals surface area contributed by atoms with Crippen molar-refractivity contribution in [3.63, 3.8) is 0 Å². The minimum atomic E-state index is -0.0628. The van der Waals surface area contributed by atoms with E-state index in [0.29, 0.717) is 6.54 Å². The van der Waals surface area contributed by atoms with Crippen molar-refractivity contribution in [2.24, 2.45) is 5.73 Å². The summed E-state index contributed by atoms with van der Waals surface area (Å²) in [5.41, 5.74) is 8.50. The molecule has 1 aromatic rings. The molecule has 0 saturated carbocycles. The summed E-state index contributed by atoms with van der Waals surface area (Å²) in [5, 5.41) is 3.64. The van der Waals surface area contributed by atoms with Crippen LogP contribution in [-0.2, 0) is 17.6 Å². The van der Waals surface area contributed by atoms with Crippen molar-refractivity contribution < 1.29 is 4.74 Å². The van der Waals surface area contributed by atoms with Crippen molar-refractivity contribution in [2.75, 3.05) is 25.1 Å². The van der Waals surface area contributed by atoms with Crippen LogP contribution >= 0.6 is 0 Å². The van der Waals surface area contributed by atoms with E-state index in [2.05, 4.69) is 15.3 Å². The fourth-order valence-corrected chi connectivity index (χ4v) is 3.20. The predicted octanol–water partition coefficient (Wildman–Crippen LogP) is 1.67. The van der Waals surface area contributed by atoms with Gasteiger partial charge in [-0.15, -0.1) is 0 Å². The van der Waals surface area contributed by atoms with Gasteiger partial charge in [0.25, 0.3) is 0 Å². The SMILES string of the molecule is NCC1(Nc2ncnc3c2CCCCC3)CCOCC1. The molecule has 0 unspecified atom stereocenters. The number of aromatic nitrogens is 2. The third-order valence-electron chi connectivity index (χ3n) is 4.60. The first-order chi connectivity index (χ1) is 9.83. The first-order valence-corrected chi connectivity index (χ1v) is 7.72. The third-order valence-corrected chi connectivity index (χ3v) is 4.60. The summed E-state index contributed by atoms with van der Waals surface area (Å²) in [4.78, 5) is 8.98. The minimum absolute atomic E-state index is 0.0628. The molecule has 5 nitrogen and oxygen atoms in total. The highest BCUT2D eigenvalue weighted by atomic mass is 16.5. The number of nitrogens with one attached hydrogen (secondary N) is 1. The topological polar surface area (TPSA) is 73.1 Å². The summed E-state index contributed by atoms with van der Waals surface area (Å²) >= 11 is 0. The molecule has 2 aliphatic rings. The van der Waals surface area contributed by atoms with Gasteiger partial charge in [-0.25, -0.2) is 9.97 Å². The number of nitrogens with two attached hydrogens (primary N) is 1. The third kappa shape index (κ3) is 2.79. The molecule has 1 aromatic heterocycles. The van der Waals surface area contributed by atoms with Crippen LogP contribution in [-0.4, -0.2) is 35.3 Å². The molecule has 0 bridgehead atoms. The van der Waals surface area contributed by atoms with Gasteiger partial charge < -0.3 is 15.8 Å². The number of hydrogen-bond acceptors (Lipinski definition) is 5. The zero-order valence-electron chi connectivity index (χ0n) is 12.0. The summed E-state index contributed by atoms with van der Waals surface area (Å²) in [6, 6.07) is 0. The Morgan fingerprint density at radius 2 is 1.95 bits per heavy atom. The van der Waals surface area contributed by atoms with Crippen LogP contribution in [0.1, 0.15) is 43.4 Å². The van der Waals surface area contributed by atoms with Crippen LogP contribution in [0.15, 0.2) is 6.33 Å². The van der Waals surface area contributed by atoms with Crippen LogP contribution in [0.25, 0.3) is 0 Å². The Balaban J connectivity index is 1.86. The lowest BCUT2D eigenvalue weighted by Gasteiger charge is -2.38. The number of aryl methyl sites for hydroxylation is 1. The molecule has 0 aromatic carbocycles. The van der Waals surface area contributed by atoms with Crippen molar-refractivity contribution in [3.05, 3.63) is 17.6 Å². The van der Waals surface area contributed by atoms with Crippen molar-refractivity contribution in [2.45, 2.75) is 50.5 Å². The standard InChI is InChI=1S/C15H24N4O/c16-10-15(6-8-20-9-7-15)19-14-12-4-2-1-3-5-13(12)17-11-18-14/h11H,1-10,16H2,(H,17,18,19). The average Bonchev–Trinajstić information content (AvgIpc) is 2.74. The van der Waals surface area contributed by atoms with Crippen LogP contribution in [0.2, 0.25) is 0 Å². The highest BCUT2D eigenvalue weighted by Crippen LogP contribution is 2.29. The Morgan fingerprint density at radius 1 is 1.15 bits per heavy atom. The summed E-state index contributed by atoms with van der Waals surface area (Å²) in [6.07, 6.45) is 9.49. The predicted molar refractivity (Wildman–Crippen MR) is 78.8 cm³/mol. The van der Waals surface area contributed by atoms with E-state index in [0.717, 1.165) is 44.7 Å². The molecular formula is C15H24N4O. The van der Waals surface area contributed by atoms with Gasteiger partial charge in [0.2, 0.25) is 0 Å². The monoisotopic (exact) mass is 276 g/mol. The molecule has 1 fully saturated rings. The number of ether oxygens (including phenoxy) is 1. The van der Waals surface area contributed by atoms with Crippen LogP contribution in [0.3, 0.4) is 0 Å². The molecule has 1 saturated heterocycles. The van der Waals surface area contributed by atoms with Gasteiger partial charge in [-0.3, -0.25) is 0 Å². The Bertz CT molecular complexity index is 457. The zero-order chi connectivity index (χ0) is 13.8. The van der Waals surface area contributed by atoms with E-state index in [9.17, 15) is 0 Å². The highest BCUT2D eigenvalue weighted by Gasteiger charge is 2.32. The molecule has 20 heavy (non-hydrogen) atoms. The number of fused-ring (bicyclic) bond motifs is 1.